The summed E-state index contributed by atoms with van der Waals surface area (Å²) in [6.45, 7) is 9.14. The van der Waals surface area contributed by atoms with Gasteiger partial charge in [0.2, 0.25) is 0 Å². The van der Waals surface area contributed by atoms with Gasteiger partial charge in [-0.15, -0.1) is 0 Å². The number of hydrogen-bond acceptors (Lipinski definition) is 4. The summed E-state index contributed by atoms with van der Waals surface area (Å²) in [6, 6.07) is 12.3. The summed E-state index contributed by atoms with van der Waals surface area (Å²) in [7, 11) is 0. The second-order valence-corrected chi connectivity index (χ2v) is 9.93. The Morgan fingerprint density at radius 2 is 1.65 bits per heavy atom. The van der Waals surface area contributed by atoms with E-state index in [-0.39, 0.29) is 6.29 Å². The molecule has 0 saturated carbocycles. The second kappa shape index (κ2) is 15.2. The SMILES string of the molecule is CCCCCCCCC1COC(c2ccc(-c3ccc(OCCCC(C)CC)cc3)nc2)OC1. The predicted molar refractivity (Wildman–Crippen MR) is 140 cm³/mol. The normalized spacial score (nSPS) is 19.1. The molecule has 0 spiro atoms. The molecule has 0 N–H and O–H groups in total. The van der Waals surface area contributed by atoms with Crippen molar-refractivity contribution in [3.8, 4) is 17.0 Å². The first-order valence-electron chi connectivity index (χ1n) is 13.6. The molecule has 1 aromatic carbocycles. The largest absolute Gasteiger partial charge is 0.494 e. The lowest BCUT2D eigenvalue weighted by atomic mass is 10.0. The van der Waals surface area contributed by atoms with E-state index in [1.54, 1.807) is 0 Å². The number of ether oxygens (including phenoxy) is 3. The van der Waals surface area contributed by atoms with Gasteiger partial charge in [0, 0.05) is 23.2 Å². The Labute approximate surface area is 207 Å². The molecule has 1 unspecified atom stereocenters. The minimum Gasteiger partial charge on any atom is -0.494 e. The van der Waals surface area contributed by atoms with Gasteiger partial charge in [-0.25, -0.2) is 0 Å². The quantitative estimate of drug-likeness (QED) is 0.247. The lowest BCUT2D eigenvalue weighted by Crippen LogP contribution is -2.27. The van der Waals surface area contributed by atoms with Crippen LogP contribution in [-0.2, 0) is 9.47 Å². The zero-order valence-corrected chi connectivity index (χ0v) is 21.6. The number of pyridine rings is 1. The van der Waals surface area contributed by atoms with Gasteiger partial charge in [0.05, 0.1) is 25.5 Å². The van der Waals surface area contributed by atoms with E-state index in [0.29, 0.717) is 5.92 Å². The highest BCUT2D eigenvalue weighted by Gasteiger charge is 2.23. The van der Waals surface area contributed by atoms with Gasteiger partial charge in [-0.05, 0) is 55.5 Å². The number of rotatable bonds is 15. The van der Waals surface area contributed by atoms with E-state index in [1.807, 2.05) is 24.4 Å². The molecule has 1 saturated heterocycles. The van der Waals surface area contributed by atoms with Crippen LogP contribution in [0.15, 0.2) is 42.6 Å². The lowest BCUT2D eigenvalue weighted by Gasteiger charge is -2.29. The summed E-state index contributed by atoms with van der Waals surface area (Å²) in [5.41, 5.74) is 3.02. The fraction of sp³-hybridized carbons (Fsp3) is 0.633. The molecule has 4 heteroatoms. The van der Waals surface area contributed by atoms with E-state index in [9.17, 15) is 0 Å². The molecule has 1 aliphatic heterocycles. The van der Waals surface area contributed by atoms with Crippen LogP contribution >= 0.6 is 0 Å². The Morgan fingerprint density at radius 1 is 0.912 bits per heavy atom. The molecule has 4 nitrogen and oxygen atoms in total. The Balaban J connectivity index is 1.38. The maximum atomic E-state index is 6.02. The fourth-order valence-corrected chi connectivity index (χ4v) is 4.38. The molecule has 1 aromatic heterocycles. The zero-order valence-electron chi connectivity index (χ0n) is 21.6. The summed E-state index contributed by atoms with van der Waals surface area (Å²) in [5.74, 6) is 2.21. The van der Waals surface area contributed by atoms with Crippen molar-refractivity contribution in [2.45, 2.75) is 91.3 Å². The van der Waals surface area contributed by atoms with Gasteiger partial charge < -0.3 is 14.2 Å². The van der Waals surface area contributed by atoms with Crippen LogP contribution < -0.4 is 4.74 Å². The predicted octanol–water partition coefficient (Wildman–Crippen LogP) is 8.37. The van der Waals surface area contributed by atoms with Crippen molar-refractivity contribution in [1.29, 1.82) is 0 Å². The standard InChI is InChI=1S/C30H45NO3/c1-4-6-7-8-9-10-13-25-22-33-30(34-23-25)27-16-19-29(31-21-27)26-14-17-28(18-15-26)32-20-11-12-24(3)5-2/h14-19,21,24-25,30H,4-13,20,22-23H2,1-3H3. The third kappa shape index (κ3) is 9.03. The van der Waals surface area contributed by atoms with Crippen LogP contribution in [0.5, 0.6) is 5.75 Å². The fourth-order valence-electron chi connectivity index (χ4n) is 4.38. The first-order valence-corrected chi connectivity index (χ1v) is 13.6. The average molecular weight is 468 g/mol. The molecule has 2 aromatic rings. The molecule has 1 fully saturated rings. The van der Waals surface area contributed by atoms with Crippen molar-refractivity contribution in [3.63, 3.8) is 0 Å². The lowest BCUT2D eigenvalue weighted by molar-refractivity contribution is -0.206. The van der Waals surface area contributed by atoms with Crippen molar-refractivity contribution in [2.75, 3.05) is 19.8 Å². The van der Waals surface area contributed by atoms with Gasteiger partial charge in [-0.3, -0.25) is 4.98 Å². The molecule has 1 aliphatic rings. The highest BCUT2D eigenvalue weighted by molar-refractivity contribution is 5.60. The van der Waals surface area contributed by atoms with Crippen molar-refractivity contribution < 1.29 is 14.2 Å². The molecule has 0 radical (unpaired) electrons. The Bertz CT molecular complexity index is 782. The number of nitrogens with zero attached hydrogens (tertiary/aromatic N) is 1. The van der Waals surface area contributed by atoms with Gasteiger partial charge in [0.25, 0.3) is 0 Å². The number of hydrogen-bond donors (Lipinski definition) is 0. The van der Waals surface area contributed by atoms with Gasteiger partial charge in [0.1, 0.15) is 5.75 Å². The number of aromatic nitrogens is 1. The molecular formula is C30H45NO3. The van der Waals surface area contributed by atoms with Crippen LogP contribution in [0.2, 0.25) is 0 Å². The summed E-state index contributed by atoms with van der Waals surface area (Å²) < 4.78 is 17.9. The summed E-state index contributed by atoms with van der Waals surface area (Å²) >= 11 is 0. The number of benzene rings is 1. The van der Waals surface area contributed by atoms with E-state index < -0.39 is 0 Å². The van der Waals surface area contributed by atoms with Crippen LogP contribution in [-0.4, -0.2) is 24.8 Å². The van der Waals surface area contributed by atoms with Crippen molar-refractivity contribution in [3.05, 3.63) is 48.2 Å². The van der Waals surface area contributed by atoms with Gasteiger partial charge in [-0.1, -0.05) is 71.8 Å². The van der Waals surface area contributed by atoms with E-state index in [1.165, 1.54) is 57.8 Å². The van der Waals surface area contributed by atoms with E-state index in [4.69, 9.17) is 14.2 Å². The topological polar surface area (TPSA) is 40.6 Å². The average Bonchev–Trinajstić information content (AvgIpc) is 2.89. The maximum Gasteiger partial charge on any atom is 0.185 e. The second-order valence-electron chi connectivity index (χ2n) is 9.93. The first kappa shape index (κ1) is 26.7. The molecule has 0 amide bonds. The van der Waals surface area contributed by atoms with E-state index >= 15 is 0 Å². The molecule has 0 aliphatic carbocycles. The third-order valence-corrected chi connectivity index (χ3v) is 6.95. The number of unbranched alkanes of at least 4 members (excludes halogenated alkanes) is 5. The molecular weight excluding hydrogens is 422 g/mol. The minimum atomic E-state index is -0.298. The molecule has 2 heterocycles. The van der Waals surface area contributed by atoms with Crippen LogP contribution in [0.1, 0.15) is 96.8 Å². The Morgan fingerprint density at radius 3 is 2.32 bits per heavy atom. The van der Waals surface area contributed by atoms with Gasteiger partial charge in [0.15, 0.2) is 6.29 Å². The maximum absolute atomic E-state index is 6.02. The highest BCUT2D eigenvalue weighted by atomic mass is 16.7. The monoisotopic (exact) mass is 467 g/mol. The highest BCUT2D eigenvalue weighted by Crippen LogP contribution is 2.28. The summed E-state index contributed by atoms with van der Waals surface area (Å²) in [4.78, 5) is 4.66. The molecule has 34 heavy (non-hydrogen) atoms. The summed E-state index contributed by atoms with van der Waals surface area (Å²) in [5, 5.41) is 0. The third-order valence-electron chi connectivity index (χ3n) is 6.95. The molecule has 188 valence electrons. The van der Waals surface area contributed by atoms with Crippen molar-refractivity contribution in [2.24, 2.45) is 11.8 Å². The smallest absolute Gasteiger partial charge is 0.185 e. The van der Waals surface area contributed by atoms with Crippen molar-refractivity contribution >= 4 is 0 Å². The first-order chi connectivity index (χ1) is 16.7. The molecule has 1 atom stereocenters. The minimum absolute atomic E-state index is 0.298. The molecule has 0 bridgehead atoms. The Hall–Kier alpha value is -1.91. The van der Waals surface area contributed by atoms with Crippen LogP contribution in [0.3, 0.4) is 0 Å². The zero-order chi connectivity index (χ0) is 24.0. The van der Waals surface area contributed by atoms with Crippen LogP contribution in [0, 0.1) is 11.8 Å². The summed E-state index contributed by atoms with van der Waals surface area (Å²) in [6.07, 6.45) is 14.4. The van der Waals surface area contributed by atoms with E-state index in [0.717, 1.165) is 54.7 Å². The van der Waals surface area contributed by atoms with Crippen LogP contribution in [0.4, 0.5) is 0 Å². The van der Waals surface area contributed by atoms with Crippen molar-refractivity contribution in [1.82, 2.24) is 4.98 Å². The van der Waals surface area contributed by atoms with Crippen LogP contribution in [0.25, 0.3) is 11.3 Å². The van der Waals surface area contributed by atoms with Gasteiger partial charge >= 0.3 is 0 Å². The Kier molecular flexibility index (Phi) is 11.9. The van der Waals surface area contributed by atoms with Gasteiger partial charge in [-0.2, -0.15) is 0 Å². The van der Waals surface area contributed by atoms with E-state index in [2.05, 4.69) is 44.0 Å². The molecule has 3 rings (SSSR count).